The zero-order valence-electron chi connectivity index (χ0n) is 13.7. The maximum absolute atomic E-state index is 12.3. The molecule has 2 bridgehead atoms. The summed E-state index contributed by atoms with van der Waals surface area (Å²) in [5, 5.41) is 4.17. The molecule has 1 aromatic carbocycles. The molecule has 4 nitrogen and oxygen atoms in total. The zero-order chi connectivity index (χ0) is 16.8. The van der Waals surface area contributed by atoms with E-state index in [0.717, 1.165) is 23.3 Å². The minimum absolute atomic E-state index is 0.0412. The van der Waals surface area contributed by atoms with Gasteiger partial charge in [0, 0.05) is 11.8 Å². The number of oxime groups is 1. The van der Waals surface area contributed by atoms with Crippen molar-refractivity contribution in [3.05, 3.63) is 59.2 Å². The van der Waals surface area contributed by atoms with Crippen LogP contribution >= 0.6 is 0 Å². The van der Waals surface area contributed by atoms with Gasteiger partial charge in [0.15, 0.2) is 5.78 Å². The van der Waals surface area contributed by atoms with Gasteiger partial charge in [-0.15, -0.1) is 0 Å². The summed E-state index contributed by atoms with van der Waals surface area (Å²) in [4.78, 5) is 29.7. The summed E-state index contributed by atoms with van der Waals surface area (Å²) in [6, 6.07) is 7.19. The highest BCUT2D eigenvalue weighted by Gasteiger charge is 2.51. The number of nitrogens with zero attached hydrogens (tertiary/aromatic N) is 1. The normalized spacial score (nSPS) is 32.0. The van der Waals surface area contributed by atoms with E-state index in [1.807, 2.05) is 26.0 Å². The third-order valence-electron chi connectivity index (χ3n) is 5.38. The Bertz CT molecular complexity index is 801. The number of carbonyl (C=O) groups is 2. The van der Waals surface area contributed by atoms with E-state index in [1.165, 1.54) is 0 Å². The fourth-order valence-electron chi connectivity index (χ4n) is 4.20. The van der Waals surface area contributed by atoms with Crippen LogP contribution < -0.4 is 0 Å². The lowest BCUT2D eigenvalue weighted by Crippen LogP contribution is -2.37. The lowest BCUT2D eigenvalue weighted by atomic mass is 9.72. The molecular weight excluding hydrogens is 302 g/mol. The first-order valence-corrected chi connectivity index (χ1v) is 8.31. The summed E-state index contributed by atoms with van der Waals surface area (Å²) in [7, 11) is 0. The third-order valence-corrected chi connectivity index (χ3v) is 5.38. The van der Waals surface area contributed by atoms with Crippen LogP contribution in [0.5, 0.6) is 0 Å². The quantitative estimate of drug-likeness (QED) is 0.476. The molecule has 24 heavy (non-hydrogen) atoms. The summed E-state index contributed by atoms with van der Waals surface area (Å²) in [6.45, 7) is 3.83. The molecule has 4 heteroatoms. The van der Waals surface area contributed by atoms with Crippen LogP contribution in [0.4, 0.5) is 0 Å². The topological polar surface area (TPSA) is 55.7 Å². The molecule has 1 fully saturated rings. The molecule has 4 unspecified atom stereocenters. The lowest BCUT2D eigenvalue weighted by molar-refractivity contribution is -0.119. The van der Waals surface area contributed by atoms with Crippen LogP contribution in [0, 0.1) is 30.6 Å². The molecular formula is C20H19NO3. The highest BCUT2D eigenvalue weighted by Crippen LogP contribution is 2.51. The van der Waals surface area contributed by atoms with Gasteiger partial charge in [0.1, 0.15) is 0 Å². The number of carbonyl (C=O) groups excluding carboxylic acids is 2. The zero-order valence-corrected chi connectivity index (χ0v) is 13.7. The van der Waals surface area contributed by atoms with Crippen LogP contribution in [-0.4, -0.2) is 17.5 Å². The molecule has 0 radical (unpaired) electrons. The van der Waals surface area contributed by atoms with Gasteiger partial charge in [-0.05, 0) is 55.9 Å². The first-order valence-electron chi connectivity index (χ1n) is 8.31. The summed E-state index contributed by atoms with van der Waals surface area (Å²) < 4.78 is 0. The molecule has 4 rings (SSSR count). The fraction of sp³-hybridized carbons (Fsp3) is 0.350. The van der Waals surface area contributed by atoms with Crippen molar-refractivity contribution in [2.75, 3.05) is 0 Å². The molecule has 1 aromatic rings. The second kappa shape index (κ2) is 5.55. The number of rotatable bonds is 2. The van der Waals surface area contributed by atoms with Gasteiger partial charge in [-0.3, -0.25) is 4.79 Å². The van der Waals surface area contributed by atoms with E-state index in [0.29, 0.717) is 17.4 Å². The summed E-state index contributed by atoms with van der Waals surface area (Å²) in [5.74, 6) is 0.337. The molecule has 0 amide bonds. The largest absolute Gasteiger partial charge is 0.365 e. The molecule has 4 atom stereocenters. The second-order valence-electron chi connectivity index (χ2n) is 6.95. The third kappa shape index (κ3) is 2.33. The minimum Gasteiger partial charge on any atom is -0.313 e. The maximum atomic E-state index is 12.3. The van der Waals surface area contributed by atoms with Crippen molar-refractivity contribution in [2.45, 2.75) is 20.3 Å². The van der Waals surface area contributed by atoms with Crippen LogP contribution in [0.2, 0.25) is 0 Å². The van der Waals surface area contributed by atoms with Gasteiger partial charge in [-0.1, -0.05) is 35.0 Å². The summed E-state index contributed by atoms with van der Waals surface area (Å²) >= 11 is 0. The van der Waals surface area contributed by atoms with Crippen LogP contribution in [0.15, 0.2) is 53.2 Å². The average molecular weight is 321 g/mol. The van der Waals surface area contributed by atoms with Crippen LogP contribution in [-0.2, 0) is 9.63 Å². The van der Waals surface area contributed by atoms with Crippen molar-refractivity contribution >= 4 is 17.5 Å². The Hall–Kier alpha value is -2.49. The van der Waals surface area contributed by atoms with Crippen molar-refractivity contribution in [1.82, 2.24) is 0 Å². The smallest absolute Gasteiger partial charge is 0.313 e. The average Bonchev–Trinajstić information content (AvgIpc) is 3.16. The Kier molecular flexibility index (Phi) is 3.48. The molecule has 3 aliphatic carbocycles. The lowest BCUT2D eigenvalue weighted by Gasteiger charge is -2.30. The number of hydrogen-bond acceptors (Lipinski definition) is 4. The van der Waals surface area contributed by atoms with E-state index in [4.69, 9.17) is 4.84 Å². The summed E-state index contributed by atoms with van der Waals surface area (Å²) in [6.07, 6.45) is 6.96. The van der Waals surface area contributed by atoms with Gasteiger partial charge in [-0.25, -0.2) is 4.79 Å². The van der Waals surface area contributed by atoms with E-state index in [2.05, 4.69) is 17.3 Å². The molecule has 0 spiro atoms. The number of ketones is 1. The number of fused-ring (bicyclic) bond motifs is 5. The summed E-state index contributed by atoms with van der Waals surface area (Å²) in [5.41, 5.74) is 3.11. The first-order chi connectivity index (χ1) is 11.5. The predicted molar refractivity (Wildman–Crippen MR) is 90.5 cm³/mol. The maximum Gasteiger partial charge on any atom is 0.365 e. The Morgan fingerprint density at radius 3 is 2.46 bits per heavy atom. The van der Waals surface area contributed by atoms with Gasteiger partial charge >= 0.3 is 5.97 Å². The Morgan fingerprint density at radius 1 is 1.08 bits per heavy atom. The van der Waals surface area contributed by atoms with Crippen LogP contribution in [0.3, 0.4) is 0 Å². The van der Waals surface area contributed by atoms with Crippen LogP contribution in [0.1, 0.15) is 29.3 Å². The van der Waals surface area contributed by atoms with E-state index in [-0.39, 0.29) is 17.6 Å². The molecule has 0 aliphatic heterocycles. The van der Waals surface area contributed by atoms with Crippen molar-refractivity contribution in [2.24, 2.45) is 28.8 Å². The van der Waals surface area contributed by atoms with Gasteiger partial charge in [0.05, 0.1) is 11.3 Å². The molecule has 0 saturated heterocycles. The highest BCUT2D eigenvalue weighted by molar-refractivity contribution is 6.13. The van der Waals surface area contributed by atoms with E-state index in [9.17, 15) is 9.59 Å². The second-order valence-corrected chi connectivity index (χ2v) is 6.95. The van der Waals surface area contributed by atoms with Crippen molar-refractivity contribution < 1.29 is 14.4 Å². The fourth-order valence-corrected chi connectivity index (χ4v) is 4.20. The molecule has 1 saturated carbocycles. The standard InChI is InChI=1S/C20H19NO3/c1-11-3-5-13(6-4-11)20(23)24-21-19-12(2)9-16(22)17-14-7-8-15(10-14)18(17)19/h3-9,14-15,17-18H,10H2,1-2H3. The number of aryl methyl sites for hydroxylation is 1. The SMILES string of the molecule is CC1=CC(=O)C2C3C=CC(C3)C2C1=NOC(=O)c1ccc(C)cc1. The van der Waals surface area contributed by atoms with Gasteiger partial charge in [0.25, 0.3) is 0 Å². The molecule has 0 heterocycles. The Labute approximate surface area is 140 Å². The first kappa shape index (κ1) is 15.1. The molecule has 0 aromatic heterocycles. The van der Waals surface area contributed by atoms with Crippen molar-refractivity contribution in [3.8, 4) is 0 Å². The molecule has 3 aliphatic rings. The van der Waals surface area contributed by atoms with E-state index < -0.39 is 5.97 Å². The number of allylic oxidation sites excluding steroid dienone is 4. The molecule has 122 valence electrons. The van der Waals surface area contributed by atoms with Crippen molar-refractivity contribution in [3.63, 3.8) is 0 Å². The monoisotopic (exact) mass is 321 g/mol. The highest BCUT2D eigenvalue weighted by atomic mass is 16.7. The number of benzene rings is 1. The number of hydrogen-bond donors (Lipinski definition) is 0. The van der Waals surface area contributed by atoms with E-state index in [1.54, 1.807) is 18.2 Å². The van der Waals surface area contributed by atoms with Crippen molar-refractivity contribution in [1.29, 1.82) is 0 Å². The molecule has 0 N–H and O–H groups in total. The minimum atomic E-state index is -0.470. The van der Waals surface area contributed by atoms with Crippen LogP contribution in [0.25, 0.3) is 0 Å². The Balaban J connectivity index is 1.60. The predicted octanol–water partition coefficient (Wildman–Crippen LogP) is 3.48. The Morgan fingerprint density at radius 2 is 1.75 bits per heavy atom. The van der Waals surface area contributed by atoms with Gasteiger partial charge < -0.3 is 4.84 Å². The van der Waals surface area contributed by atoms with Gasteiger partial charge in [-0.2, -0.15) is 0 Å². The van der Waals surface area contributed by atoms with E-state index >= 15 is 0 Å². The van der Waals surface area contributed by atoms with Gasteiger partial charge in [0.2, 0.25) is 0 Å².